The van der Waals surface area contributed by atoms with E-state index in [2.05, 4.69) is 26.0 Å². The van der Waals surface area contributed by atoms with Gasteiger partial charge < -0.3 is 5.11 Å². The van der Waals surface area contributed by atoms with Crippen molar-refractivity contribution >= 4 is 11.8 Å². The minimum absolute atomic E-state index is 0.252. The van der Waals surface area contributed by atoms with Gasteiger partial charge in [0.05, 0.1) is 0 Å². The normalized spacial score (nSPS) is 19.6. The van der Waals surface area contributed by atoms with Crippen LogP contribution in [0.25, 0.3) is 0 Å². The minimum Gasteiger partial charge on any atom is -0.380 e. The fraction of sp³-hybridized carbons (Fsp3) is 0.625. The molecule has 2 nitrogen and oxygen atoms in total. The molecule has 0 bridgehead atoms. The monoisotopic (exact) mass is 333 g/mol. The van der Waals surface area contributed by atoms with Gasteiger partial charge >= 0.3 is 6.18 Å². The van der Waals surface area contributed by atoms with Gasteiger partial charge in [0.25, 0.3) is 0 Å². The average Bonchev–Trinajstić information content (AvgIpc) is 2.42. The summed E-state index contributed by atoms with van der Waals surface area (Å²) in [6.07, 6.45) is -5.04. The van der Waals surface area contributed by atoms with Crippen molar-refractivity contribution in [1.29, 1.82) is 0 Å². The molecule has 1 heterocycles. The van der Waals surface area contributed by atoms with Crippen molar-refractivity contribution in [2.24, 2.45) is 0 Å². The van der Waals surface area contributed by atoms with Crippen LogP contribution in [-0.4, -0.2) is 40.1 Å². The molecule has 2 rings (SSSR count). The predicted octanol–water partition coefficient (Wildman–Crippen LogP) is 4.08. The highest BCUT2D eigenvalue weighted by molar-refractivity contribution is 7.99. The molecule has 1 aromatic rings. The van der Waals surface area contributed by atoms with E-state index in [4.69, 9.17) is 0 Å². The van der Waals surface area contributed by atoms with Gasteiger partial charge in [-0.1, -0.05) is 26.0 Å². The Kier molecular flexibility index (Phi) is 5.45. The maximum Gasteiger partial charge on any atom is 0.417 e. The molecule has 0 radical (unpaired) electrons. The van der Waals surface area contributed by atoms with Gasteiger partial charge in [-0.05, 0) is 30.5 Å². The standard InChI is InChI=1S/C16H22F3NOS/c1-12(2)22-14-5-3-13(4-6-14)11-20-9-7-15(21,8-10-20)16(17,18)19/h3-6,12,21H,7-11H2,1-2H3. The van der Waals surface area contributed by atoms with E-state index in [-0.39, 0.29) is 25.9 Å². The number of aliphatic hydroxyl groups is 1. The van der Waals surface area contributed by atoms with Crippen LogP contribution in [0.15, 0.2) is 29.2 Å². The summed E-state index contributed by atoms with van der Waals surface area (Å²) in [4.78, 5) is 3.16. The highest BCUT2D eigenvalue weighted by atomic mass is 32.2. The second kappa shape index (κ2) is 6.81. The second-order valence-electron chi connectivity index (χ2n) is 6.12. The van der Waals surface area contributed by atoms with Crippen molar-refractivity contribution < 1.29 is 18.3 Å². The Hall–Kier alpha value is -0.720. The predicted molar refractivity (Wildman–Crippen MR) is 83.0 cm³/mol. The van der Waals surface area contributed by atoms with Crippen LogP contribution < -0.4 is 0 Å². The number of hydrogen-bond donors (Lipinski definition) is 1. The summed E-state index contributed by atoms with van der Waals surface area (Å²) in [6, 6.07) is 8.15. The first kappa shape index (κ1) is 17.6. The molecule has 6 heteroatoms. The van der Waals surface area contributed by atoms with Crippen LogP contribution in [0.3, 0.4) is 0 Å². The van der Waals surface area contributed by atoms with Crippen molar-refractivity contribution in [2.75, 3.05) is 13.1 Å². The molecule has 1 fully saturated rings. The second-order valence-corrected chi connectivity index (χ2v) is 7.77. The van der Waals surface area contributed by atoms with Crippen molar-refractivity contribution in [2.45, 2.75) is 55.2 Å². The lowest BCUT2D eigenvalue weighted by molar-refractivity contribution is -0.272. The number of nitrogens with zero attached hydrogens (tertiary/aromatic N) is 1. The number of rotatable bonds is 4. The first-order chi connectivity index (χ1) is 10.2. The Labute approximate surface area is 133 Å². The number of alkyl halides is 3. The Balaban J connectivity index is 1.88. The summed E-state index contributed by atoms with van der Waals surface area (Å²) in [5.41, 5.74) is -1.42. The number of thioether (sulfide) groups is 1. The molecular formula is C16H22F3NOS. The van der Waals surface area contributed by atoms with E-state index in [0.29, 0.717) is 11.8 Å². The average molecular weight is 333 g/mol. The summed E-state index contributed by atoms with van der Waals surface area (Å²) >= 11 is 1.78. The molecule has 0 spiro atoms. The van der Waals surface area contributed by atoms with Gasteiger partial charge in [0.1, 0.15) is 0 Å². The van der Waals surface area contributed by atoms with Crippen LogP contribution in [0.2, 0.25) is 0 Å². The highest BCUT2D eigenvalue weighted by Crippen LogP contribution is 2.38. The van der Waals surface area contributed by atoms with Gasteiger partial charge in [-0.25, -0.2) is 0 Å². The van der Waals surface area contributed by atoms with Gasteiger partial charge in [-0.3, -0.25) is 4.90 Å². The van der Waals surface area contributed by atoms with E-state index in [9.17, 15) is 18.3 Å². The van der Waals surface area contributed by atoms with Crippen LogP contribution in [0, 0.1) is 0 Å². The summed E-state index contributed by atoms with van der Waals surface area (Å²) in [6.45, 7) is 5.42. The number of hydrogen-bond acceptors (Lipinski definition) is 3. The SMILES string of the molecule is CC(C)Sc1ccc(CN2CCC(O)(C(F)(F)F)CC2)cc1. The Bertz CT molecular complexity index is 479. The van der Waals surface area contributed by atoms with Gasteiger partial charge in [0.2, 0.25) is 0 Å². The molecule has 0 amide bonds. The Morgan fingerprint density at radius 1 is 1.18 bits per heavy atom. The van der Waals surface area contributed by atoms with Crippen molar-refractivity contribution in [3.8, 4) is 0 Å². The minimum atomic E-state index is -4.53. The van der Waals surface area contributed by atoms with E-state index >= 15 is 0 Å². The topological polar surface area (TPSA) is 23.5 Å². The van der Waals surface area contributed by atoms with E-state index in [1.807, 2.05) is 17.0 Å². The molecule has 0 unspecified atom stereocenters. The summed E-state index contributed by atoms with van der Waals surface area (Å²) in [5.74, 6) is 0. The lowest BCUT2D eigenvalue weighted by atomic mass is 9.90. The zero-order chi connectivity index (χ0) is 16.4. The van der Waals surface area contributed by atoms with E-state index in [0.717, 1.165) is 5.56 Å². The first-order valence-electron chi connectivity index (χ1n) is 7.47. The fourth-order valence-electron chi connectivity index (χ4n) is 2.57. The Morgan fingerprint density at radius 2 is 1.73 bits per heavy atom. The van der Waals surface area contributed by atoms with Crippen LogP contribution in [-0.2, 0) is 6.54 Å². The molecule has 1 aliphatic heterocycles. The lowest BCUT2D eigenvalue weighted by Gasteiger charge is -2.39. The van der Waals surface area contributed by atoms with Gasteiger partial charge in [-0.2, -0.15) is 13.2 Å². The molecule has 0 atom stereocenters. The first-order valence-corrected chi connectivity index (χ1v) is 8.35. The van der Waals surface area contributed by atoms with Crippen LogP contribution in [0.5, 0.6) is 0 Å². The lowest BCUT2D eigenvalue weighted by Crippen LogP contribution is -2.53. The molecule has 1 aromatic carbocycles. The molecule has 124 valence electrons. The highest BCUT2D eigenvalue weighted by Gasteiger charge is 2.54. The van der Waals surface area contributed by atoms with Gasteiger partial charge in [-0.15, -0.1) is 11.8 Å². The molecule has 0 aromatic heterocycles. The third-order valence-electron chi connectivity index (χ3n) is 3.91. The number of benzene rings is 1. The maximum absolute atomic E-state index is 12.8. The fourth-order valence-corrected chi connectivity index (χ4v) is 3.41. The molecule has 1 aliphatic rings. The summed E-state index contributed by atoms with van der Waals surface area (Å²) < 4.78 is 38.3. The molecule has 1 N–H and O–H groups in total. The van der Waals surface area contributed by atoms with Gasteiger partial charge in [0, 0.05) is 29.8 Å². The zero-order valence-corrected chi connectivity index (χ0v) is 13.7. The van der Waals surface area contributed by atoms with Crippen molar-refractivity contribution in [3.05, 3.63) is 29.8 Å². The van der Waals surface area contributed by atoms with E-state index in [1.54, 1.807) is 11.8 Å². The van der Waals surface area contributed by atoms with Crippen LogP contribution in [0.1, 0.15) is 32.3 Å². The maximum atomic E-state index is 12.8. The van der Waals surface area contributed by atoms with Crippen molar-refractivity contribution in [1.82, 2.24) is 4.90 Å². The number of halogens is 3. The number of piperidine rings is 1. The number of likely N-dealkylation sites (tertiary alicyclic amines) is 1. The molecule has 0 saturated carbocycles. The smallest absolute Gasteiger partial charge is 0.380 e. The van der Waals surface area contributed by atoms with Crippen LogP contribution in [0.4, 0.5) is 13.2 Å². The molecule has 1 saturated heterocycles. The third kappa shape index (κ3) is 4.40. The van der Waals surface area contributed by atoms with Crippen LogP contribution >= 0.6 is 11.8 Å². The Morgan fingerprint density at radius 3 is 2.18 bits per heavy atom. The quantitative estimate of drug-likeness (QED) is 0.840. The van der Waals surface area contributed by atoms with Gasteiger partial charge in [0.15, 0.2) is 5.60 Å². The summed E-state index contributed by atoms with van der Waals surface area (Å²) in [7, 11) is 0. The third-order valence-corrected chi connectivity index (χ3v) is 4.93. The van der Waals surface area contributed by atoms with Crippen molar-refractivity contribution in [3.63, 3.8) is 0 Å². The summed E-state index contributed by atoms with van der Waals surface area (Å²) in [5, 5.41) is 10.2. The largest absolute Gasteiger partial charge is 0.417 e. The van der Waals surface area contributed by atoms with E-state index in [1.165, 1.54) is 4.90 Å². The molecule has 22 heavy (non-hydrogen) atoms. The molecular weight excluding hydrogens is 311 g/mol. The zero-order valence-electron chi connectivity index (χ0n) is 12.9. The van der Waals surface area contributed by atoms with E-state index < -0.39 is 11.8 Å². The molecule has 0 aliphatic carbocycles.